The Labute approximate surface area is 162 Å². The summed E-state index contributed by atoms with van der Waals surface area (Å²) in [5.74, 6) is 0.748. The van der Waals surface area contributed by atoms with Crippen LogP contribution in [-0.2, 0) is 4.74 Å². The molecule has 0 aromatic heterocycles. The SMILES string of the molecule is CCCCCCCC[C@H]1CC[C@H](c2ccc(C(=O)OCC(F)F)cc2)CC1. The predicted octanol–water partition coefficient (Wildman–Crippen LogP) is 7.13. The van der Waals surface area contributed by atoms with Gasteiger partial charge in [-0.15, -0.1) is 0 Å². The van der Waals surface area contributed by atoms with Crippen LogP contribution in [0.4, 0.5) is 8.78 Å². The summed E-state index contributed by atoms with van der Waals surface area (Å²) in [5.41, 5.74) is 1.59. The third-order valence-corrected chi connectivity index (χ3v) is 5.77. The normalized spacial score (nSPS) is 20.0. The van der Waals surface area contributed by atoms with Gasteiger partial charge in [-0.2, -0.15) is 0 Å². The third kappa shape index (κ3) is 7.98. The van der Waals surface area contributed by atoms with Crippen molar-refractivity contribution in [1.82, 2.24) is 0 Å². The van der Waals surface area contributed by atoms with E-state index in [4.69, 9.17) is 0 Å². The van der Waals surface area contributed by atoms with Gasteiger partial charge in [0, 0.05) is 0 Å². The van der Waals surface area contributed by atoms with E-state index >= 15 is 0 Å². The van der Waals surface area contributed by atoms with Gasteiger partial charge >= 0.3 is 5.97 Å². The molecule has 2 nitrogen and oxygen atoms in total. The Hall–Kier alpha value is -1.45. The van der Waals surface area contributed by atoms with Gasteiger partial charge in [-0.3, -0.25) is 0 Å². The maximum absolute atomic E-state index is 12.1. The second-order valence-corrected chi connectivity index (χ2v) is 7.89. The van der Waals surface area contributed by atoms with Crippen LogP contribution >= 0.6 is 0 Å². The monoisotopic (exact) mass is 380 g/mol. The van der Waals surface area contributed by atoms with Gasteiger partial charge in [-0.05, 0) is 55.2 Å². The minimum atomic E-state index is -2.63. The van der Waals surface area contributed by atoms with Gasteiger partial charge in [0.15, 0.2) is 6.61 Å². The zero-order chi connectivity index (χ0) is 19.5. The maximum Gasteiger partial charge on any atom is 0.338 e. The predicted molar refractivity (Wildman–Crippen MR) is 105 cm³/mol. The maximum atomic E-state index is 12.1. The van der Waals surface area contributed by atoms with Crippen molar-refractivity contribution in [2.75, 3.05) is 6.61 Å². The molecule has 1 aliphatic carbocycles. The molecule has 4 heteroatoms. The van der Waals surface area contributed by atoms with Gasteiger partial charge in [0.1, 0.15) is 0 Å². The molecule has 0 N–H and O–H groups in total. The van der Waals surface area contributed by atoms with Crippen molar-refractivity contribution in [3.8, 4) is 0 Å². The zero-order valence-electron chi connectivity index (χ0n) is 16.6. The number of hydrogen-bond donors (Lipinski definition) is 0. The van der Waals surface area contributed by atoms with Crippen LogP contribution in [0, 0.1) is 5.92 Å². The molecule has 0 spiro atoms. The summed E-state index contributed by atoms with van der Waals surface area (Å²) in [5, 5.41) is 0. The van der Waals surface area contributed by atoms with E-state index in [1.165, 1.54) is 76.2 Å². The lowest BCUT2D eigenvalue weighted by Crippen LogP contribution is -2.14. The van der Waals surface area contributed by atoms with Crippen LogP contribution < -0.4 is 0 Å². The number of ether oxygens (including phenoxy) is 1. The molecule has 2 rings (SSSR count). The van der Waals surface area contributed by atoms with Crippen molar-refractivity contribution in [3.05, 3.63) is 35.4 Å². The fourth-order valence-electron chi connectivity index (χ4n) is 4.11. The highest BCUT2D eigenvalue weighted by atomic mass is 19.3. The van der Waals surface area contributed by atoms with E-state index in [9.17, 15) is 13.6 Å². The number of unbranched alkanes of at least 4 members (excludes halogenated alkanes) is 5. The number of esters is 1. The van der Waals surface area contributed by atoms with Crippen LogP contribution in [0.5, 0.6) is 0 Å². The van der Waals surface area contributed by atoms with Crippen LogP contribution in [0.15, 0.2) is 24.3 Å². The molecule has 0 unspecified atom stereocenters. The Morgan fingerprint density at radius 3 is 2.26 bits per heavy atom. The van der Waals surface area contributed by atoms with Crippen molar-refractivity contribution in [3.63, 3.8) is 0 Å². The number of carbonyl (C=O) groups is 1. The first-order valence-electron chi connectivity index (χ1n) is 10.6. The van der Waals surface area contributed by atoms with Gasteiger partial charge in [0.2, 0.25) is 0 Å². The van der Waals surface area contributed by atoms with Gasteiger partial charge in [-0.25, -0.2) is 13.6 Å². The topological polar surface area (TPSA) is 26.3 Å². The molecule has 0 saturated heterocycles. The Bertz CT molecular complexity index is 534. The molecule has 1 aromatic rings. The molecule has 0 atom stereocenters. The first kappa shape index (κ1) is 21.8. The average Bonchev–Trinajstić information content (AvgIpc) is 2.69. The molecule has 0 radical (unpaired) electrons. The molecular weight excluding hydrogens is 346 g/mol. The minimum absolute atomic E-state index is 0.344. The molecule has 1 fully saturated rings. The highest BCUT2D eigenvalue weighted by molar-refractivity contribution is 5.89. The van der Waals surface area contributed by atoms with Crippen LogP contribution in [0.2, 0.25) is 0 Å². The number of hydrogen-bond acceptors (Lipinski definition) is 2. The smallest absolute Gasteiger partial charge is 0.338 e. The van der Waals surface area contributed by atoms with Crippen LogP contribution in [0.1, 0.15) is 99.4 Å². The quantitative estimate of drug-likeness (QED) is 0.301. The van der Waals surface area contributed by atoms with Crippen molar-refractivity contribution in [2.24, 2.45) is 5.92 Å². The molecular formula is C23H34F2O2. The third-order valence-electron chi connectivity index (χ3n) is 5.77. The Balaban J connectivity index is 1.69. The largest absolute Gasteiger partial charge is 0.456 e. The van der Waals surface area contributed by atoms with Crippen molar-refractivity contribution >= 4 is 5.97 Å². The summed E-state index contributed by atoms with van der Waals surface area (Å²) in [6.07, 6.45) is 11.9. The molecule has 27 heavy (non-hydrogen) atoms. The number of halogens is 2. The Morgan fingerprint density at radius 2 is 1.63 bits per heavy atom. The number of carbonyl (C=O) groups excluding carboxylic acids is 1. The lowest BCUT2D eigenvalue weighted by Gasteiger charge is -2.29. The van der Waals surface area contributed by atoms with Crippen LogP contribution in [0.25, 0.3) is 0 Å². The van der Waals surface area contributed by atoms with E-state index in [0.29, 0.717) is 11.5 Å². The number of benzene rings is 1. The summed E-state index contributed by atoms with van der Waals surface area (Å²) in [4.78, 5) is 11.7. The lowest BCUT2D eigenvalue weighted by atomic mass is 9.77. The van der Waals surface area contributed by atoms with Gasteiger partial charge in [-0.1, -0.05) is 64.0 Å². The number of rotatable bonds is 11. The van der Waals surface area contributed by atoms with E-state index in [0.717, 1.165) is 5.92 Å². The first-order chi connectivity index (χ1) is 13.1. The molecule has 0 amide bonds. The molecule has 0 aliphatic heterocycles. The van der Waals surface area contributed by atoms with Gasteiger partial charge in [0.05, 0.1) is 5.56 Å². The molecule has 152 valence electrons. The van der Waals surface area contributed by atoms with Crippen LogP contribution in [0.3, 0.4) is 0 Å². The second-order valence-electron chi connectivity index (χ2n) is 7.89. The molecule has 1 aliphatic rings. The first-order valence-corrected chi connectivity index (χ1v) is 10.6. The summed E-state index contributed by atoms with van der Waals surface area (Å²) in [6, 6.07) is 7.31. The van der Waals surface area contributed by atoms with Gasteiger partial charge in [0.25, 0.3) is 6.43 Å². The lowest BCUT2D eigenvalue weighted by molar-refractivity contribution is 0.0160. The second kappa shape index (κ2) is 12.1. The molecule has 1 saturated carbocycles. The fourth-order valence-corrected chi connectivity index (χ4v) is 4.11. The Kier molecular flexibility index (Phi) is 9.79. The highest BCUT2D eigenvalue weighted by Gasteiger charge is 2.22. The fraction of sp³-hybridized carbons (Fsp3) is 0.696. The highest BCUT2D eigenvalue weighted by Crippen LogP contribution is 2.37. The van der Waals surface area contributed by atoms with Crippen molar-refractivity contribution in [1.29, 1.82) is 0 Å². The number of alkyl halides is 2. The molecule has 0 bridgehead atoms. The minimum Gasteiger partial charge on any atom is -0.456 e. The zero-order valence-corrected chi connectivity index (χ0v) is 16.6. The summed E-state index contributed by atoms with van der Waals surface area (Å²) in [7, 11) is 0. The standard InChI is InChI=1S/C23H34F2O2/c1-2-3-4-5-6-7-8-18-9-11-19(12-10-18)20-13-15-21(16-14-20)23(26)27-17-22(24)25/h13-16,18-19,22H,2-12,17H2,1H3/t18-,19-. The van der Waals surface area contributed by atoms with Crippen molar-refractivity contribution < 1.29 is 18.3 Å². The van der Waals surface area contributed by atoms with E-state index in [2.05, 4.69) is 11.7 Å². The van der Waals surface area contributed by atoms with E-state index in [1.807, 2.05) is 12.1 Å². The summed E-state index contributed by atoms with van der Waals surface area (Å²) < 4.78 is 28.8. The average molecular weight is 381 g/mol. The van der Waals surface area contributed by atoms with Crippen LogP contribution in [-0.4, -0.2) is 19.0 Å². The molecule has 0 heterocycles. The Morgan fingerprint density at radius 1 is 1.00 bits per heavy atom. The van der Waals surface area contributed by atoms with E-state index < -0.39 is 19.0 Å². The molecule has 1 aromatic carbocycles. The van der Waals surface area contributed by atoms with Crippen molar-refractivity contribution in [2.45, 2.75) is 89.9 Å². The summed E-state index contributed by atoms with van der Waals surface area (Å²) in [6.45, 7) is 1.41. The summed E-state index contributed by atoms with van der Waals surface area (Å²) >= 11 is 0. The van der Waals surface area contributed by atoms with E-state index in [1.54, 1.807) is 12.1 Å². The van der Waals surface area contributed by atoms with E-state index in [-0.39, 0.29) is 0 Å². The van der Waals surface area contributed by atoms with Gasteiger partial charge < -0.3 is 4.74 Å².